The summed E-state index contributed by atoms with van der Waals surface area (Å²) in [7, 11) is -3.62. The number of thioether (sulfide) groups is 1. The summed E-state index contributed by atoms with van der Waals surface area (Å²) in [5, 5.41) is 13.9. The van der Waals surface area contributed by atoms with E-state index in [0.29, 0.717) is 16.1 Å². The van der Waals surface area contributed by atoms with Crippen molar-refractivity contribution < 1.29 is 27.5 Å². The number of fused-ring (bicyclic) bond motifs is 1. The van der Waals surface area contributed by atoms with E-state index in [1.54, 1.807) is 31.2 Å². The van der Waals surface area contributed by atoms with Crippen LogP contribution in [0.2, 0.25) is 5.02 Å². The van der Waals surface area contributed by atoms with Gasteiger partial charge in [-0.3, -0.25) is 10.2 Å². The maximum atomic E-state index is 12.6. The zero-order valence-corrected chi connectivity index (χ0v) is 21.4. The molecule has 2 heterocycles. The van der Waals surface area contributed by atoms with Crippen LogP contribution in [0.5, 0.6) is 11.5 Å². The van der Waals surface area contributed by atoms with Crippen molar-refractivity contribution in [2.75, 3.05) is 12.4 Å². The minimum Gasteiger partial charge on any atom is -0.490 e. The number of esters is 1. The number of carbonyl (C=O) groups excluding carboxylic acids is 2. The van der Waals surface area contributed by atoms with Gasteiger partial charge >= 0.3 is 5.97 Å². The summed E-state index contributed by atoms with van der Waals surface area (Å²) >= 11 is 6.59. The molecular weight excluding hydrogens is 528 g/mol. The lowest BCUT2D eigenvalue weighted by atomic mass is 10.1. The third-order valence-electron chi connectivity index (χ3n) is 4.94. The highest BCUT2D eigenvalue weighted by Crippen LogP contribution is 2.33. The second-order valence-electron chi connectivity index (χ2n) is 7.32. The van der Waals surface area contributed by atoms with E-state index in [1.165, 1.54) is 31.2 Å². The van der Waals surface area contributed by atoms with Crippen LogP contribution < -0.4 is 9.47 Å². The number of carbonyl (C=O) groups is 2. The van der Waals surface area contributed by atoms with E-state index < -0.39 is 21.7 Å². The Morgan fingerprint density at radius 2 is 1.89 bits per heavy atom. The number of aliphatic imine (C=N–C) groups is 1. The van der Waals surface area contributed by atoms with Gasteiger partial charge in [-0.05, 0) is 66.7 Å². The number of hydrogen-bond acceptors (Lipinski definition) is 9. The Morgan fingerprint density at radius 1 is 1.17 bits per heavy atom. The quantitative estimate of drug-likeness (QED) is 0.326. The topological polar surface area (TPSA) is 139 Å². The molecule has 2 aliphatic rings. The van der Waals surface area contributed by atoms with E-state index in [4.69, 9.17) is 26.5 Å². The number of ether oxygens (including phenoxy) is 2. The lowest BCUT2D eigenvalue weighted by molar-refractivity contribution is -0.114. The van der Waals surface area contributed by atoms with Gasteiger partial charge in [-0.15, -0.1) is 5.10 Å². The van der Waals surface area contributed by atoms with Gasteiger partial charge < -0.3 is 9.47 Å². The Kier molecular flexibility index (Phi) is 7.29. The normalized spacial score (nSPS) is 16.5. The SMILES string of the molecule is CCOc1cc(/C=C2/C(=N)N3N=C(S(=O)(=O)CC)SC3=NC2=O)ccc1OC(=O)c1ccc(Cl)cc1. The van der Waals surface area contributed by atoms with Crippen LogP contribution in [-0.2, 0) is 14.6 Å². The van der Waals surface area contributed by atoms with Crippen molar-refractivity contribution in [3.63, 3.8) is 0 Å². The van der Waals surface area contributed by atoms with E-state index in [-0.39, 0.29) is 44.8 Å². The smallest absolute Gasteiger partial charge is 0.343 e. The van der Waals surface area contributed by atoms with Crippen LogP contribution in [0, 0.1) is 5.41 Å². The minimum atomic E-state index is -3.62. The largest absolute Gasteiger partial charge is 0.490 e. The van der Waals surface area contributed by atoms with E-state index in [1.807, 2.05) is 0 Å². The molecule has 186 valence electrons. The molecule has 10 nitrogen and oxygen atoms in total. The molecule has 2 aromatic rings. The van der Waals surface area contributed by atoms with Crippen LogP contribution in [0.15, 0.2) is 58.1 Å². The second kappa shape index (κ2) is 10.2. The second-order valence-corrected chi connectivity index (χ2v) is 11.2. The maximum absolute atomic E-state index is 12.6. The Bertz CT molecular complexity index is 1470. The van der Waals surface area contributed by atoms with Crippen molar-refractivity contribution in [1.82, 2.24) is 5.01 Å². The van der Waals surface area contributed by atoms with Crippen LogP contribution in [0.4, 0.5) is 0 Å². The van der Waals surface area contributed by atoms with Crippen molar-refractivity contribution in [3.05, 3.63) is 64.2 Å². The fourth-order valence-corrected chi connectivity index (χ4v) is 5.39. The molecule has 2 aliphatic heterocycles. The first-order valence-electron chi connectivity index (χ1n) is 10.6. The molecule has 2 aromatic carbocycles. The molecule has 0 bridgehead atoms. The third-order valence-corrected chi connectivity index (χ3v) is 8.28. The highest BCUT2D eigenvalue weighted by atomic mass is 35.5. The van der Waals surface area contributed by atoms with Gasteiger partial charge in [-0.2, -0.15) is 10.0 Å². The first-order chi connectivity index (χ1) is 17.1. The molecule has 0 unspecified atom stereocenters. The zero-order chi connectivity index (χ0) is 26.0. The van der Waals surface area contributed by atoms with Gasteiger partial charge in [0.15, 0.2) is 17.3 Å². The predicted octanol–water partition coefficient (Wildman–Crippen LogP) is 3.97. The molecule has 0 fully saturated rings. The molecule has 0 saturated carbocycles. The fraction of sp³-hybridized carbons (Fsp3) is 0.174. The van der Waals surface area contributed by atoms with Crippen molar-refractivity contribution in [3.8, 4) is 11.5 Å². The van der Waals surface area contributed by atoms with Crippen molar-refractivity contribution in [2.45, 2.75) is 13.8 Å². The Balaban J connectivity index is 1.62. The number of amides is 1. The number of sulfone groups is 1. The first kappa shape index (κ1) is 25.6. The molecule has 0 aromatic heterocycles. The maximum Gasteiger partial charge on any atom is 0.343 e. The molecule has 0 spiro atoms. The number of rotatable bonds is 6. The number of hydrazone groups is 1. The minimum absolute atomic E-state index is 0.00800. The summed E-state index contributed by atoms with van der Waals surface area (Å²) < 4.78 is 35.2. The van der Waals surface area contributed by atoms with Crippen LogP contribution in [0.25, 0.3) is 6.08 Å². The average molecular weight is 547 g/mol. The standard InChI is InChI=1S/C23H19ClN4O6S2/c1-3-33-18-12-13(5-10-17(18)34-21(30)14-6-8-15(24)9-7-14)11-16-19(25)28-22(26-20(16)29)35-23(27-28)36(31,32)4-2/h5-12,25H,3-4H2,1-2H3/b16-11-,25-19?. The van der Waals surface area contributed by atoms with Crippen LogP contribution in [0.3, 0.4) is 0 Å². The number of benzene rings is 2. The summed E-state index contributed by atoms with van der Waals surface area (Å²) in [4.78, 5) is 29.0. The fourth-order valence-electron chi connectivity index (χ4n) is 3.10. The average Bonchev–Trinajstić information content (AvgIpc) is 3.29. The van der Waals surface area contributed by atoms with Gasteiger partial charge in [-0.25, -0.2) is 13.2 Å². The number of hydrogen-bond donors (Lipinski definition) is 1. The van der Waals surface area contributed by atoms with Gasteiger partial charge in [0.2, 0.25) is 19.4 Å². The van der Waals surface area contributed by atoms with Crippen molar-refractivity contribution >= 4 is 66.5 Å². The number of nitrogens with one attached hydrogen (secondary N) is 1. The van der Waals surface area contributed by atoms with Crippen LogP contribution in [-0.4, -0.2) is 53.0 Å². The molecule has 0 saturated heterocycles. The Morgan fingerprint density at radius 3 is 2.56 bits per heavy atom. The molecule has 0 aliphatic carbocycles. The summed E-state index contributed by atoms with van der Waals surface area (Å²) in [6.07, 6.45) is 1.41. The molecule has 0 radical (unpaired) electrons. The summed E-state index contributed by atoms with van der Waals surface area (Å²) in [5.41, 5.74) is 0.678. The van der Waals surface area contributed by atoms with Gasteiger partial charge in [0.05, 0.1) is 23.5 Å². The van der Waals surface area contributed by atoms with Crippen molar-refractivity contribution in [2.24, 2.45) is 10.1 Å². The summed E-state index contributed by atoms with van der Waals surface area (Å²) in [6.45, 7) is 3.52. The number of nitrogens with zero attached hydrogens (tertiary/aromatic N) is 3. The van der Waals surface area contributed by atoms with E-state index in [0.717, 1.165) is 16.8 Å². The Labute approximate surface area is 216 Å². The third kappa shape index (κ3) is 5.20. The van der Waals surface area contributed by atoms with Crippen LogP contribution in [0.1, 0.15) is 29.8 Å². The number of amidine groups is 2. The highest BCUT2D eigenvalue weighted by Gasteiger charge is 2.39. The van der Waals surface area contributed by atoms with E-state index in [2.05, 4.69) is 10.1 Å². The molecule has 13 heteroatoms. The molecular formula is C23H19ClN4O6S2. The lowest BCUT2D eigenvalue weighted by Gasteiger charge is -2.20. The van der Waals surface area contributed by atoms with Gasteiger partial charge in [0, 0.05) is 5.02 Å². The highest BCUT2D eigenvalue weighted by molar-refractivity contribution is 8.42. The molecule has 36 heavy (non-hydrogen) atoms. The Hall–Kier alpha value is -3.48. The zero-order valence-electron chi connectivity index (χ0n) is 19.0. The summed E-state index contributed by atoms with van der Waals surface area (Å²) in [5.74, 6) is -1.38. The lowest BCUT2D eigenvalue weighted by Crippen LogP contribution is -2.35. The van der Waals surface area contributed by atoms with Crippen molar-refractivity contribution in [1.29, 1.82) is 5.41 Å². The van der Waals surface area contributed by atoms with Gasteiger partial charge in [0.25, 0.3) is 5.91 Å². The van der Waals surface area contributed by atoms with E-state index in [9.17, 15) is 18.0 Å². The molecule has 0 atom stereocenters. The first-order valence-corrected chi connectivity index (χ1v) is 13.4. The molecule has 1 amide bonds. The van der Waals surface area contributed by atoms with Gasteiger partial charge in [0.1, 0.15) is 0 Å². The number of halogens is 1. The van der Waals surface area contributed by atoms with Gasteiger partial charge in [-0.1, -0.05) is 24.6 Å². The van der Waals surface area contributed by atoms with Crippen LogP contribution >= 0.6 is 23.4 Å². The summed E-state index contributed by atoms with van der Waals surface area (Å²) in [6, 6.07) is 10.9. The predicted molar refractivity (Wildman–Crippen MR) is 138 cm³/mol. The monoisotopic (exact) mass is 546 g/mol. The molecule has 4 rings (SSSR count). The van der Waals surface area contributed by atoms with E-state index >= 15 is 0 Å². The molecule has 1 N–H and O–H groups in total.